The quantitative estimate of drug-likeness (QED) is 0.870. The highest BCUT2D eigenvalue weighted by Crippen LogP contribution is 2.35. The van der Waals surface area contributed by atoms with Crippen LogP contribution in [0.2, 0.25) is 0 Å². The van der Waals surface area contributed by atoms with Gasteiger partial charge in [0.2, 0.25) is 0 Å². The van der Waals surface area contributed by atoms with Crippen molar-refractivity contribution in [3.63, 3.8) is 0 Å². The van der Waals surface area contributed by atoms with Gasteiger partial charge in [0, 0.05) is 11.7 Å². The van der Waals surface area contributed by atoms with Crippen molar-refractivity contribution in [2.24, 2.45) is 0 Å². The molecule has 3 heterocycles. The van der Waals surface area contributed by atoms with E-state index in [1.807, 2.05) is 18.7 Å². The van der Waals surface area contributed by atoms with E-state index in [-0.39, 0.29) is 0 Å². The number of nitrogens with two attached hydrogens (primary N) is 1. The summed E-state index contributed by atoms with van der Waals surface area (Å²) in [6.45, 7) is 6.21. The second-order valence-corrected chi connectivity index (χ2v) is 6.50. The summed E-state index contributed by atoms with van der Waals surface area (Å²) in [6, 6.07) is 0.561. The molecule has 0 saturated carbocycles. The van der Waals surface area contributed by atoms with E-state index in [0.29, 0.717) is 11.9 Å². The van der Waals surface area contributed by atoms with E-state index in [0.717, 1.165) is 16.9 Å². The van der Waals surface area contributed by atoms with Gasteiger partial charge in [-0.25, -0.2) is 9.97 Å². The monoisotopic (exact) mass is 276 g/mol. The number of aryl methyl sites for hydroxylation is 2. The minimum atomic E-state index is 0.561. The Morgan fingerprint density at radius 1 is 1.16 bits per heavy atom. The molecule has 19 heavy (non-hydrogen) atoms. The van der Waals surface area contributed by atoms with E-state index in [1.165, 1.54) is 35.6 Å². The molecule has 2 aromatic rings. The minimum Gasteiger partial charge on any atom is -0.383 e. The van der Waals surface area contributed by atoms with Crippen molar-refractivity contribution in [2.45, 2.75) is 39.7 Å². The smallest absolute Gasteiger partial charge is 0.146 e. The minimum absolute atomic E-state index is 0.561. The van der Waals surface area contributed by atoms with Gasteiger partial charge in [-0.1, -0.05) is 0 Å². The first-order valence-corrected chi connectivity index (χ1v) is 7.94. The van der Waals surface area contributed by atoms with E-state index in [1.54, 1.807) is 0 Å². The van der Waals surface area contributed by atoms with Gasteiger partial charge in [-0.3, -0.25) is 0 Å². The zero-order chi connectivity index (χ0) is 13.6. The molecule has 4 nitrogen and oxygen atoms in total. The maximum absolute atomic E-state index is 6.10. The predicted molar refractivity (Wildman–Crippen MR) is 81.7 cm³/mol. The van der Waals surface area contributed by atoms with Crippen LogP contribution in [0.1, 0.15) is 36.0 Å². The second-order valence-electron chi connectivity index (χ2n) is 5.28. The molecule has 0 radical (unpaired) electrons. The summed E-state index contributed by atoms with van der Waals surface area (Å²) in [4.78, 5) is 8.97. The van der Waals surface area contributed by atoms with Crippen LogP contribution >= 0.6 is 11.8 Å². The molecule has 0 aliphatic carbocycles. The van der Waals surface area contributed by atoms with E-state index < -0.39 is 0 Å². The molecule has 0 bridgehead atoms. The highest BCUT2D eigenvalue weighted by molar-refractivity contribution is 7.99. The number of hydrogen-bond donors (Lipinski definition) is 1. The van der Waals surface area contributed by atoms with Gasteiger partial charge >= 0.3 is 0 Å². The fourth-order valence-electron chi connectivity index (χ4n) is 3.02. The van der Waals surface area contributed by atoms with Crippen LogP contribution in [0.5, 0.6) is 0 Å². The molecule has 3 rings (SSSR count). The van der Waals surface area contributed by atoms with Crippen LogP contribution in [0.4, 0.5) is 5.82 Å². The van der Waals surface area contributed by atoms with E-state index in [2.05, 4.69) is 28.4 Å². The first-order chi connectivity index (χ1) is 9.09. The molecule has 1 fully saturated rings. The number of hydrogen-bond acceptors (Lipinski definition) is 4. The Morgan fingerprint density at radius 3 is 2.53 bits per heavy atom. The maximum Gasteiger partial charge on any atom is 0.146 e. The normalized spacial score (nSPS) is 17.2. The lowest BCUT2D eigenvalue weighted by Gasteiger charge is -2.25. The van der Waals surface area contributed by atoms with Crippen molar-refractivity contribution in [2.75, 3.05) is 17.2 Å². The summed E-state index contributed by atoms with van der Waals surface area (Å²) in [5.41, 5.74) is 9.64. The number of thioether (sulfide) groups is 1. The first-order valence-electron chi connectivity index (χ1n) is 6.78. The van der Waals surface area contributed by atoms with Crippen molar-refractivity contribution < 1.29 is 0 Å². The molecule has 102 valence electrons. The molecule has 5 heteroatoms. The molecular weight excluding hydrogens is 256 g/mol. The van der Waals surface area contributed by atoms with Crippen LogP contribution in [0.3, 0.4) is 0 Å². The molecule has 0 amide bonds. The van der Waals surface area contributed by atoms with Gasteiger partial charge in [-0.05, 0) is 50.7 Å². The highest BCUT2D eigenvalue weighted by Gasteiger charge is 2.23. The van der Waals surface area contributed by atoms with Crippen molar-refractivity contribution >= 4 is 28.6 Å². The lowest BCUT2D eigenvalue weighted by molar-refractivity contribution is 0.472. The number of fused-ring (bicyclic) bond motifs is 1. The summed E-state index contributed by atoms with van der Waals surface area (Å²) >= 11 is 2.05. The standard InChI is InChI=1S/C14H20N4S/c1-8-9(2)18(11-4-6-19-7-5-11)14-12(8)13(15)16-10(3)17-14/h11H,4-7H2,1-3H3,(H2,15,16,17). The van der Waals surface area contributed by atoms with Gasteiger partial charge in [-0.15, -0.1) is 0 Å². The van der Waals surface area contributed by atoms with Crippen molar-refractivity contribution in [1.29, 1.82) is 0 Å². The molecule has 2 N–H and O–H groups in total. The molecule has 0 aromatic carbocycles. The molecule has 1 saturated heterocycles. The van der Waals surface area contributed by atoms with Gasteiger partial charge in [0.05, 0.1) is 5.39 Å². The zero-order valence-electron chi connectivity index (χ0n) is 11.7. The Bertz CT molecular complexity index is 626. The fourth-order valence-corrected chi connectivity index (χ4v) is 4.11. The molecule has 0 spiro atoms. The Balaban J connectivity index is 2.25. The van der Waals surface area contributed by atoms with Crippen LogP contribution in [0.15, 0.2) is 0 Å². The number of rotatable bonds is 1. The highest BCUT2D eigenvalue weighted by atomic mass is 32.2. The van der Waals surface area contributed by atoms with E-state index in [4.69, 9.17) is 5.73 Å². The van der Waals surface area contributed by atoms with Gasteiger partial charge in [0.15, 0.2) is 0 Å². The van der Waals surface area contributed by atoms with Gasteiger partial charge in [0.25, 0.3) is 0 Å². The van der Waals surface area contributed by atoms with Crippen molar-refractivity contribution in [3.8, 4) is 0 Å². The number of nitrogens with zero attached hydrogens (tertiary/aromatic N) is 3. The third-order valence-electron chi connectivity index (χ3n) is 4.09. The third-order valence-corrected chi connectivity index (χ3v) is 5.14. The predicted octanol–water partition coefficient (Wildman–Crippen LogP) is 3.01. The van der Waals surface area contributed by atoms with Crippen LogP contribution in [-0.2, 0) is 0 Å². The SMILES string of the molecule is Cc1nc(N)c2c(C)c(C)n(C3CCSCC3)c2n1. The largest absolute Gasteiger partial charge is 0.383 e. The van der Waals surface area contributed by atoms with Gasteiger partial charge in [-0.2, -0.15) is 11.8 Å². The first kappa shape index (κ1) is 12.8. The van der Waals surface area contributed by atoms with Crippen LogP contribution in [0, 0.1) is 20.8 Å². The van der Waals surface area contributed by atoms with Crippen molar-refractivity contribution in [3.05, 3.63) is 17.1 Å². The van der Waals surface area contributed by atoms with Gasteiger partial charge in [0.1, 0.15) is 17.3 Å². The van der Waals surface area contributed by atoms with Crippen LogP contribution < -0.4 is 5.73 Å². The fraction of sp³-hybridized carbons (Fsp3) is 0.571. The maximum atomic E-state index is 6.10. The summed E-state index contributed by atoms with van der Waals surface area (Å²) in [5, 5.41) is 1.04. The third kappa shape index (κ3) is 2.00. The number of nitrogen functional groups attached to an aromatic ring is 1. The number of anilines is 1. The average molecular weight is 276 g/mol. The molecule has 0 unspecified atom stereocenters. The molecular formula is C14H20N4S. The Hall–Kier alpha value is -1.23. The van der Waals surface area contributed by atoms with E-state index in [9.17, 15) is 0 Å². The summed E-state index contributed by atoms with van der Waals surface area (Å²) in [7, 11) is 0. The molecule has 1 aliphatic rings. The molecule has 2 aromatic heterocycles. The summed E-state index contributed by atoms with van der Waals surface area (Å²) in [6.07, 6.45) is 2.44. The van der Waals surface area contributed by atoms with E-state index >= 15 is 0 Å². The van der Waals surface area contributed by atoms with Crippen LogP contribution in [0.25, 0.3) is 11.0 Å². The summed E-state index contributed by atoms with van der Waals surface area (Å²) < 4.78 is 2.40. The lowest BCUT2D eigenvalue weighted by atomic mass is 10.1. The Morgan fingerprint density at radius 2 is 1.84 bits per heavy atom. The molecule has 0 atom stereocenters. The second kappa shape index (κ2) is 4.71. The summed E-state index contributed by atoms with van der Waals surface area (Å²) in [5.74, 6) is 3.85. The Kier molecular flexibility index (Phi) is 3.17. The average Bonchev–Trinajstić information content (AvgIpc) is 2.63. The molecule has 1 aliphatic heterocycles. The van der Waals surface area contributed by atoms with Crippen molar-refractivity contribution in [1.82, 2.24) is 14.5 Å². The topological polar surface area (TPSA) is 56.7 Å². The zero-order valence-corrected chi connectivity index (χ0v) is 12.5. The Labute approximate surface area is 117 Å². The van der Waals surface area contributed by atoms with Gasteiger partial charge < -0.3 is 10.3 Å². The number of aromatic nitrogens is 3. The van der Waals surface area contributed by atoms with Crippen LogP contribution in [-0.4, -0.2) is 26.0 Å². The lowest BCUT2D eigenvalue weighted by Crippen LogP contribution is -2.17.